The molecule has 0 amide bonds. The third-order valence-corrected chi connectivity index (χ3v) is 1.53. The lowest BCUT2D eigenvalue weighted by atomic mass is 10.1. The molecule has 3 heteroatoms. The third kappa shape index (κ3) is 1.63. The Morgan fingerprint density at radius 2 is 2.00 bits per heavy atom. The maximum absolute atomic E-state index is 7.26. The molecule has 0 aromatic heterocycles. The first-order valence-corrected chi connectivity index (χ1v) is 3.57. The topological polar surface area (TPSA) is 75.9 Å². The minimum atomic E-state index is 0.0590. The summed E-state index contributed by atoms with van der Waals surface area (Å²) in [5.41, 5.74) is 12.2. The molecule has 0 aliphatic carbocycles. The molecule has 0 bridgehead atoms. The van der Waals surface area contributed by atoms with Crippen LogP contribution in [-0.4, -0.2) is 5.84 Å². The van der Waals surface area contributed by atoms with Crippen LogP contribution < -0.4 is 11.5 Å². The monoisotopic (exact) mass is 161 g/mol. The predicted molar refractivity (Wildman–Crippen MR) is 50.7 cm³/mol. The summed E-state index contributed by atoms with van der Waals surface area (Å²) < 4.78 is 0. The Labute approximate surface area is 71.2 Å². The molecule has 3 nitrogen and oxygen atoms in total. The van der Waals surface area contributed by atoms with Gasteiger partial charge < -0.3 is 11.5 Å². The second kappa shape index (κ2) is 3.57. The van der Waals surface area contributed by atoms with Crippen LogP contribution >= 0.6 is 0 Å². The molecule has 0 heterocycles. The van der Waals surface area contributed by atoms with Crippen LogP contribution in [0.3, 0.4) is 0 Å². The highest BCUT2D eigenvalue weighted by atomic mass is 14.7. The van der Waals surface area contributed by atoms with E-state index >= 15 is 0 Å². The summed E-state index contributed by atoms with van der Waals surface area (Å²) in [5.74, 6) is 0.0590. The van der Waals surface area contributed by atoms with Gasteiger partial charge >= 0.3 is 0 Å². The number of hydrogen-bond acceptors (Lipinski definition) is 2. The van der Waals surface area contributed by atoms with Crippen LogP contribution in [0, 0.1) is 5.41 Å². The molecule has 0 radical (unpaired) electrons. The lowest BCUT2D eigenvalue weighted by Crippen LogP contribution is -2.12. The van der Waals surface area contributed by atoms with E-state index < -0.39 is 0 Å². The fourth-order valence-corrected chi connectivity index (χ4v) is 0.991. The largest absolute Gasteiger partial charge is 0.405 e. The molecule has 12 heavy (non-hydrogen) atoms. The maximum Gasteiger partial charge on any atom is 0.123 e. The summed E-state index contributed by atoms with van der Waals surface area (Å²) in [5, 5.41) is 7.26. The van der Waals surface area contributed by atoms with Gasteiger partial charge in [0.05, 0.1) is 0 Å². The maximum atomic E-state index is 7.26. The molecule has 1 rings (SSSR count). The van der Waals surface area contributed by atoms with Gasteiger partial charge in [0.25, 0.3) is 0 Å². The molecular weight excluding hydrogens is 150 g/mol. The summed E-state index contributed by atoms with van der Waals surface area (Å²) >= 11 is 0. The van der Waals surface area contributed by atoms with E-state index in [4.69, 9.17) is 16.9 Å². The van der Waals surface area contributed by atoms with Crippen molar-refractivity contribution in [2.24, 2.45) is 11.5 Å². The van der Waals surface area contributed by atoms with Crippen molar-refractivity contribution in [2.45, 2.75) is 0 Å². The summed E-state index contributed by atoms with van der Waals surface area (Å²) in [6.45, 7) is 0. The molecular formula is C9H11N3. The van der Waals surface area contributed by atoms with Crippen molar-refractivity contribution in [2.75, 3.05) is 0 Å². The van der Waals surface area contributed by atoms with Gasteiger partial charge in [-0.2, -0.15) is 0 Å². The first-order chi connectivity index (χ1) is 5.75. The number of nitrogens with one attached hydrogen (secondary N) is 1. The van der Waals surface area contributed by atoms with E-state index in [1.807, 2.05) is 18.2 Å². The molecule has 0 atom stereocenters. The lowest BCUT2D eigenvalue weighted by Gasteiger charge is -2.01. The molecule has 0 fully saturated rings. The molecule has 1 aromatic carbocycles. The summed E-state index contributed by atoms with van der Waals surface area (Å²) in [4.78, 5) is 0. The normalized spacial score (nSPS) is 10.3. The number of rotatable bonds is 2. The van der Waals surface area contributed by atoms with E-state index in [9.17, 15) is 0 Å². The molecule has 1 aromatic rings. The average Bonchev–Trinajstić information content (AvgIpc) is 2.05. The van der Waals surface area contributed by atoms with Crippen LogP contribution in [0.15, 0.2) is 30.5 Å². The molecule has 0 spiro atoms. The van der Waals surface area contributed by atoms with Crippen molar-refractivity contribution in [3.05, 3.63) is 41.6 Å². The first-order valence-electron chi connectivity index (χ1n) is 3.57. The Morgan fingerprint density at radius 1 is 1.33 bits per heavy atom. The van der Waals surface area contributed by atoms with Crippen LogP contribution in [0.4, 0.5) is 0 Å². The van der Waals surface area contributed by atoms with Gasteiger partial charge in [-0.1, -0.05) is 24.3 Å². The minimum Gasteiger partial charge on any atom is -0.405 e. The molecule has 0 aliphatic heterocycles. The number of benzene rings is 1. The molecule has 0 saturated heterocycles. The average molecular weight is 161 g/mol. The van der Waals surface area contributed by atoms with Crippen LogP contribution in [0.25, 0.3) is 6.08 Å². The summed E-state index contributed by atoms with van der Waals surface area (Å²) in [6, 6.07) is 7.37. The van der Waals surface area contributed by atoms with Gasteiger partial charge in [-0.3, -0.25) is 5.41 Å². The highest BCUT2D eigenvalue weighted by Crippen LogP contribution is 2.08. The SMILES string of the molecule is N=C(N)c1ccccc1C=CN. The van der Waals surface area contributed by atoms with E-state index in [0.717, 1.165) is 5.56 Å². The smallest absolute Gasteiger partial charge is 0.123 e. The standard InChI is InChI=1S/C9H11N3/c10-6-5-7-3-1-2-4-8(7)9(11)12/h1-6H,10H2,(H3,11,12). The van der Waals surface area contributed by atoms with Crippen molar-refractivity contribution in [3.63, 3.8) is 0 Å². The van der Waals surface area contributed by atoms with Gasteiger partial charge in [0.2, 0.25) is 0 Å². The van der Waals surface area contributed by atoms with Gasteiger partial charge in [-0.15, -0.1) is 0 Å². The quantitative estimate of drug-likeness (QED) is 0.445. The fraction of sp³-hybridized carbons (Fsp3) is 0. The van der Waals surface area contributed by atoms with Gasteiger partial charge in [-0.05, 0) is 17.8 Å². The van der Waals surface area contributed by atoms with E-state index in [1.54, 1.807) is 12.1 Å². The Hall–Kier alpha value is -1.77. The zero-order valence-corrected chi connectivity index (χ0v) is 6.62. The lowest BCUT2D eigenvalue weighted by molar-refractivity contribution is 1.41. The Balaban J connectivity index is 3.17. The van der Waals surface area contributed by atoms with Gasteiger partial charge in [0.1, 0.15) is 5.84 Å². The van der Waals surface area contributed by atoms with E-state index in [-0.39, 0.29) is 5.84 Å². The predicted octanol–water partition coefficient (Wildman–Crippen LogP) is 0.900. The number of nitrogen functional groups attached to an aromatic ring is 1. The molecule has 62 valence electrons. The highest BCUT2D eigenvalue weighted by Gasteiger charge is 1.99. The third-order valence-electron chi connectivity index (χ3n) is 1.53. The van der Waals surface area contributed by atoms with Gasteiger partial charge in [0.15, 0.2) is 0 Å². The molecule has 0 aliphatic rings. The van der Waals surface area contributed by atoms with Crippen molar-refractivity contribution < 1.29 is 0 Å². The van der Waals surface area contributed by atoms with Crippen LogP contribution in [0.5, 0.6) is 0 Å². The van der Waals surface area contributed by atoms with Gasteiger partial charge in [-0.25, -0.2) is 0 Å². The van der Waals surface area contributed by atoms with E-state index in [2.05, 4.69) is 0 Å². The Morgan fingerprint density at radius 3 is 2.58 bits per heavy atom. The first kappa shape index (κ1) is 8.33. The zero-order chi connectivity index (χ0) is 8.97. The van der Waals surface area contributed by atoms with Crippen LogP contribution in [0.1, 0.15) is 11.1 Å². The zero-order valence-electron chi connectivity index (χ0n) is 6.62. The number of amidine groups is 1. The Kier molecular flexibility index (Phi) is 2.48. The van der Waals surface area contributed by atoms with Crippen molar-refractivity contribution in [3.8, 4) is 0 Å². The van der Waals surface area contributed by atoms with E-state index in [1.165, 1.54) is 6.20 Å². The van der Waals surface area contributed by atoms with Crippen molar-refractivity contribution in [1.82, 2.24) is 0 Å². The Bertz CT molecular complexity index is 315. The molecule has 0 saturated carbocycles. The molecule has 5 N–H and O–H groups in total. The second-order valence-electron chi connectivity index (χ2n) is 2.36. The van der Waals surface area contributed by atoms with Gasteiger partial charge in [0, 0.05) is 5.56 Å². The fourth-order valence-electron chi connectivity index (χ4n) is 0.991. The van der Waals surface area contributed by atoms with Crippen molar-refractivity contribution in [1.29, 1.82) is 5.41 Å². The van der Waals surface area contributed by atoms with E-state index in [0.29, 0.717) is 5.56 Å². The van der Waals surface area contributed by atoms with Crippen molar-refractivity contribution >= 4 is 11.9 Å². The van der Waals surface area contributed by atoms with Crippen LogP contribution in [-0.2, 0) is 0 Å². The highest BCUT2D eigenvalue weighted by molar-refractivity contribution is 5.98. The number of hydrogen-bond donors (Lipinski definition) is 3. The molecule has 0 unspecified atom stereocenters. The summed E-state index contributed by atoms with van der Waals surface area (Å²) in [6.07, 6.45) is 3.15. The second-order valence-corrected chi connectivity index (χ2v) is 2.36. The minimum absolute atomic E-state index is 0.0590. The van der Waals surface area contributed by atoms with Crippen LogP contribution in [0.2, 0.25) is 0 Å². The summed E-state index contributed by atoms with van der Waals surface area (Å²) in [7, 11) is 0. The number of nitrogens with two attached hydrogens (primary N) is 2.